The number of aromatic amines is 1. The number of aromatic nitrogens is 2. The lowest BCUT2D eigenvalue weighted by Gasteiger charge is -1.95. The molecule has 0 atom stereocenters. The van der Waals surface area contributed by atoms with E-state index in [4.69, 9.17) is 0 Å². The monoisotopic (exact) mass is 272 g/mol. The van der Waals surface area contributed by atoms with E-state index in [9.17, 15) is 4.79 Å². The summed E-state index contributed by atoms with van der Waals surface area (Å²) >= 11 is 2.06. The number of rotatable bonds is 0. The van der Waals surface area contributed by atoms with E-state index in [1.54, 1.807) is 18.3 Å². The first-order chi connectivity index (χ1) is 5.77. The number of hydrogen-bond acceptors (Lipinski definition) is 2. The van der Waals surface area contributed by atoms with E-state index in [0.29, 0.717) is 5.39 Å². The fourth-order valence-electron chi connectivity index (χ4n) is 1.06. The summed E-state index contributed by atoms with van der Waals surface area (Å²) in [6.45, 7) is 0. The molecule has 4 heteroatoms. The van der Waals surface area contributed by atoms with Crippen LogP contribution in [0.25, 0.3) is 10.9 Å². The van der Waals surface area contributed by atoms with Crippen LogP contribution in [0.1, 0.15) is 0 Å². The third-order valence-electron chi connectivity index (χ3n) is 1.58. The van der Waals surface area contributed by atoms with E-state index >= 15 is 0 Å². The first kappa shape index (κ1) is 7.72. The Kier molecular flexibility index (Phi) is 1.84. The van der Waals surface area contributed by atoms with E-state index in [0.717, 1.165) is 9.22 Å². The van der Waals surface area contributed by atoms with Crippen LogP contribution >= 0.6 is 22.6 Å². The van der Waals surface area contributed by atoms with Gasteiger partial charge >= 0.3 is 0 Å². The number of H-pyrrole nitrogens is 1. The van der Waals surface area contributed by atoms with Crippen LogP contribution in [0.3, 0.4) is 0 Å². The fourth-order valence-corrected chi connectivity index (χ4v) is 1.60. The van der Waals surface area contributed by atoms with Gasteiger partial charge in [0, 0.05) is 6.20 Å². The van der Waals surface area contributed by atoms with Gasteiger partial charge in [-0.05, 0) is 40.8 Å². The molecule has 2 aromatic rings. The Morgan fingerprint density at radius 1 is 1.50 bits per heavy atom. The predicted molar refractivity (Wildman–Crippen MR) is 55.1 cm³/mol. The third-order valence-corrected chi connectivity index (χ3v) is 2.16. The number of pyridine rings is 2. The first-order valence-corrected chi connectivity index (χ1v) is 4.49. The highest BCUT2D eigenvalue weighted by molar-refractivity contribution is 14.1. The molecule has 0 radical (unpaired) electrons. The summed E-state index contributed by atoms with van der Waals surface area (Å²) in [4.78, 5) is 18.1. The first-order valence-electron chi connectivity index (χ1n) is 3.41. The van der Waals surface area contributed by atoms with Crippen LogP contribution < -0.4 is 5.56 Å². The van der Waals surface area contributed by atoms with Crippen molar-refractivity contribution in [1.29, 1.82) is 0 Å². The second-order valence-corrected chi connectivity index (χ2v) is 3.54. The van der Waals surface area contributed by atoms with Crippen molar-refractivity contribution in [2.75, 3.05) is 0 Å². The standard InChI is InChI=1S/C8H5IN2O/c9-7-4-6-5(8(12)11-7)2-1-3-10-6/h1-4H,(H,11,12). The lowest BCUT2D eigenvalue weighted by Crippen LogP contribution is -2.07. The molecule has 2 rings (SSSR count). The Hall–Kier alpha value is -0.910. The van der Waals surface area contributed by atoms with Gasteiger partial charge in [0.15, 0.2) is 0 Å². The Morgan fingerprint density at radius 3 is 3.17 bits per heavy atom. The fraction of sp³-hybridized carbons (Fsp3) is 0. The van der Waals surface area contributed by atoms with Crippen molar-refractivity contribution in [3.05, 3.63) is 38.5 Å². The molecular weight excluding hydrogens is 267 g/mol. The quantitative estimate of drug-likeness (QED) is 0.584. The molecule has 0 amide bonds. The Bertz CT molecular complexity index is 478. The van der Waals surface area contributed by atoms with Crippen molar-refractivity contribution in [3.8, 4) is 0 Å². The molecule has 2 heterocycles. The summed E-state index contributed by atoms with van der Waals surface area (Å²) in [5.74, 6) is 0. The molecular formula is C8H5IN2O. The molecule has 0 aliphatic carbocycles. The van der Waals surface area contributed by atoms with Crippen LogP contribution in [0, 0.1) is 3.70 Å². The molecule has 60 valence electrons. The van der Waals surface area contributed by atoms with E-state index < -0.39 is 0 Å². The minimum atomic E-state index is -0.0787. The van der Waals surface area contributed by atoms with Gasteiger partial charge in [0.2, 0.25) is 0 Å². The van der Waals surface area contributed by atoms with Crippen LogP contribution in [0.4, 0.5) is 0 Å². The smallest absolute Gasteiger partial charge is 0.258 e. The molecule has 0 saturated carbocycles. The minimum Gasteiger partial charge on any atom is -0.317 e. The molecule has 0 saturated heterocycles. The van der Waals surface area contributed by atoms with Crippen molar-refractivity contribution < 1.29 is 0 Å². The summed E-state index contributed by atoms with van der Waals surface area (Å²) < 4.78 is 0.809. The van der Waals surface area contributed by atoms with Gasteiger partial charge in [-0.15, -0.1) is 0 Å². The minimum absolute atomic E-state index is 0.0787. The summed E-state index contributed by atoms with van der Waals surface area (Å²) in [6, 6.07) is 5.36. The maximum atomic E-state index is 11.3. The van der Waals surface area contributed by atoms with E-state index in [1.807, 2.05) is 6.07 Å². The molecule has 12 heavy (non-hydrogen) atoms. The van der Waals surface area contributed by atoms with Crippen LogP contribution in [0.2, 0.25) is 0 Å². The van der Waals surface area contributed by atoms with Gasteiger partial charge in [-0.3, -0.25) is 9.78 Å². The zero-order valence-electron chi connectivity index (χ0n) is 6.04. The van der Waals surface area contributed by atoms with Crippen molar-refractivity contribution in [2.45, 2.75) is 0 Å². The lowest BCUT2D eigenvalue weighted by molar-refractivity contribution is 1.21. The van der Waals surface area contributed by atoms with Gasteiger partial charge in [0.1, 0.15) is 0 Å². The Balaban J connectivity index is 2.99. The maximum absolute atomic E-state index is 11.3. The van der Waals surface area contributed by atoms with Crippen molar-refractivity contribution in [1.82, 2.24) is 9.97 Å². The zero-order valence-corrected chi connectivity index (χ0v) is 8.20. The molecule has 0 bridgehead atoms. The van der Waals surface area contributed by atoms with Gasteiger partial charge in [0.25, 0.3) is 5.56 Å². The van der Waals surface area contributed by atoms with Gasteiger partial charge in [0.05, 0.1) is 14.6 Å². The van der Waals surface area contributed by atoms with Gasteiger partial charge in [-0.1, -0.05) is 0 Å². The molecule has 0 aliphatic rings. The summed E-state index contributed by atoms with van der Waals surface area (Å²) in [5, 5.41) is 0.637. The number of nitrogens with zero attached hydrogens (tertiary/aromatic N) is 1. The third kappa shape index (κ3) is 1.22. The normalized spacial score (nSPS) is 10.4. The second kappa shape index (κ2) is 2.85. The summed E-state index contributed by atoms with van der Waals surface area (Å²) in [5.41, 5.74) is 0.663. The van der Waals surface area contributed by atoms with E-state index in [1.165, 1.54) is 0 Å². The van der Waals surface area contributed by atoms with Crippen molar-refractivity contribution in [2.24, 2.45) is 0 Å². The highest BCUT2D eigenvalue weighted by Crippen LogP contribution is 2.07. The highest BCUT2D eigenvalue weighted by Gasteiger charge is 1.98. The van der Waals surface area contributed by atoms with Crippen LogP contribution in [0.15, 0.2) is 29.2 Å². The number of halogens is 1. The molecule has 0 aromatic carbocycles. The zero-order chi connectivity index (χ0) is 8.55. The molecule has 0 spiro atoms. The molecule has 0 aliphatic heterocycles. The summed E-state index contributed by atoms with van der Waals surface area (Å²) in [7, 11) is 0. The number of fused-ring (bicyclic) bond motifs is 1. The number of nitrogens with one attached hydrogen (secondary N) is 1. The molecule has 3 nitrogen and oxygen atoms in total. The van der Waals surface area contributed by atoms with Gasteiger partial charge in [-0.2, -0.15) is 0 Å². The summed E-state index contributed by atoms with van der Waals surface area (Å²) in [6.07, 6.45) is 1.68. The largest absolute Gasteiger partial charge is 0.317 e. The maximum Gasteiger partial charge on any atom is 0.258 e. The van der Waals surface area contributed by atoms with E-state index in [-0.39, 0.29) is 5.56 Å². The van der Waals surface area contributed by atoms with Gasteiger partial charge in [-0.25, -0.2) is 0 Å². The van der Waals surface area contributed by atoms with Crippen molar-refractivity contribution in [3.63, 3.8) is 0 Å². The second-order valence-electron chi connectivity index (χ2n) is 2.38. The van der Waals surface area contributed by atoms with Gasteiger partial charge < -0.3 is 4.98 Å². The average molecular weight is 272 g/mol. The van der Waals surface area contributed by atoms with Crippen molar-refractivity contribution >= 4 is 33.5 Å². The average Bonchev–Trinajstić information content (AvgIpc) is 2.04. The van der Waals surface area contributed by atoms with Crippen LogP contribution in [-0.2, 0) is 0 Å². The SMILES string of the molecule is O=c1[nH]c(I)cc2ncccc12. The number of hydrogen-bond donors (Lipinski definition) is 1. The Labute approximate surface area is 82.0 Å². The van der Waals surface area contributed by atoms with Crippen LogP contribution in [0.5, 0.6) is 0 Å². The highest BCUT2D eigenvalue weighted by atomic mass is 127. The molecule has 2 aromatic heterocycles. The molecule has 1 N–H and O–H groups in total. The molecule has 0 fully saturated rings. The predicted octanol–water partition coefficient (Wildman–Crippen LogP) is 1.53. The Morgan fingerprint density at radius 2 is 2.33 bits per heavy atom. The topological polar surface area (TPSA) is 45.8 Å². The van der Waals surface area contributed by atoms with E-state index in [2.05, 4.69) is 32.6 Å². The molecule has 0 unspecified atom stereocenters. The lowest BCUT2D eigenvalue weighted by atomic mass is 10.3. The van der Waals surface area contributed by atoms with Crippen LogP contribution in [-0.4, -0.2) is 9.97 Å².